The predicted octanol–water partition coefficient (Wildman–Crippen LogP) is 1.53. The van der Waals surface area contributed by atoms with Gasteiger partial charge in [-0.15, -0.1) is 0 Å². The van der Waals surface area contributed by atoms with Crippen LogP contribution in [0.25, 0.3) is 0 Å². The normalized spacial score (nSPS) is 9.81. The van der Waals surface area contributed by atoms with Gasteiger partial charge in [0.1, 0.15) is 0 Å². The highest BCUT2D eigenvalue weighted by Crippen LogP contribution is 2.16. The van der Waals surface area contributed by atoms with Gasteiger partial charge in [0, 0.05) is 24.6 Å². The van der Waals surface area contributed by atoms with Crippen molar-refractivity contribution in [2.75, 3.05) is 5.75 Å². The summed E-state index contributed by atoms with van der Waals surface area (Å²) in [6, 6.07) is 6.34. The second-order valence-corrected chi connectivity index (χ2v) is 3.58. The van der Waals surface area contributed by atoms with Gasteiger partial charge in [0.25, 0.3) is 5.69 Å². The molecule has 1 rings (SSSR count). The maximum atomic E-state index is 11.2. The molecule has 0 heterocycles. The first-order valence-corrected chi connectivity index (χ1v) is 5.38. The molecule has 1 aromatic rings. The molecule has 1 amide bonds. The number of nitrogens with one attached hydrogen (secondary N) is 1. The average Bonchev–Trinajstić information content (AvgIpc) is 2.27. The van der Waals surface area contributed by atoms with Crippen molar-refractivity contribution in [3.8, 4) is 0 Å². The third kappa shape index (κ3) is 3.54. The Kier molecular flexibility index (Phi) is 4.78. The number of carbonyl (C=O) groups excluding carboxylic acids is 1. The van der Waals surface area contributed by atoms with E-state index in [9.17, 15) is 14.9 Å². The van der Waals surface area contributed by atoms with Crippen molar-refractivity contribution >= 4 is 24.2 Å². The van der Waals surface area contributed by atoms with E-state index in [0.717, 1.165) is 0 Å². The van der Waals surface area contributed by atoms with E-state index in [1.807, 2.05) is 0 Å². The minimum absolute atomic E-state index is 0.0219. The fourth-order valence-electron chi connectivity index (χ4n) is 1.22. The smallest absolute Gasteiger partial charge is 0.274 e. The lowest BCUT2D eigenvalue weighted by atomic mass is 10.2. The maximum absolute atomic E-state index is 11.2. The molecule has 0 bridgehead atoms. The van der Waals surface area contributed by atoms with E-state index < -0.39 is 4.92 Å². The van der Waals surface area contributed by atoms with Crippen LogP contribution in [0.2, 0.25) is 0 Å². The second kappa shape index (κ2) is 6.12. The molecule has 0 atom stereocenters. The molecule has 0 aliphatic heterocycles. The topological polar surface area (TPSA) is 72.2 Å². The van der Waals surface area contributed by atoms with Crippen LogP contribution in [0.1, 0.15) is 12.0 Å². The molecule has 0 spiro atoms. The Bertz CT molecular complexity index is 395. The van der Waals surface area contributed by atoms with Crippen LogP contribution in [0.15, 0.2) is 24.3 Å². The zero-order valence-corrected chi connectivity index (χ0v) is 9.44. The van der Waals surface area contributed by atoms with Crippen molar-refractivity contribution < 1.29 is 9.72 Å². The summed E-state index contributed by atoms with van der Waals surface area (Å²) in [5, 5.41) is 13.3. The molecule has 86 valence electrons. The van der Waals surface area contributed by atoms with Crippen LogP contribution < -0.4 is 5.32 Å². The summed E-state index contributed by atoms with van der Waals surface area (Å²) in [4.78, 5) is 21.4. The van der Waals surface area contributed by atoms with Crippen molar-refractivity contribution in [2.45, 2.75) is 13.0 Å². The standard InChI is InChI=1S/C10H12N2O3S/c13-10(5-6-16)11-7-8-3-1-2-4-9(8)12(14)15/h1-4,16H,5-7H2,(H,11,13). The first-order chi connectivity index (χ1) is 7.65. The number of rotatable bonds is 5. The summed E-state index contributed by atoms with van der Waals surface area (Å²) in [5.41, 5.74) is 0.522. The lowest BCUT2D eigenvalue weighted by Gasteiger charge is -2.04. The van der Waals surface area contributed by atoms with Gasteiger partial charge in [-0.1, -0.05) is 18.2 Å². The molecule has 0 unspecified atom stereocenters. The third-order valence-corrected chi connectivity index (χ3v) is 2.23. The minimum atomic E-state index is -0.458. The Hall–Kier alpha value is -1.56. The Balaban J connectivity index is 2.66. The number of benzene rings is 1. The largest absolute Gasteiger partial charge is 0.352 e. The molecule has 1 N–H and O–H groups in total. The summed E-state index contributed by atoms with van der Waals surface area (Å²) >= 11 is 3.92. The zero-order valence-electron chi connectivity index (χ0n) is 8.55. The number of para-hydroxylation sites is 1. The number of carbonyl (C=O) groups is 1. The summed E-state index contributed by atoms with van der Waals surface area (Å²) in [5.74, 6) is 0.302. The number of nitrogens with zero attached hydrogens (tertiary/aromatic N) is 1. The van der Waals surface area contributed by atoms with Gasteiger partial charge in [0.05, 0.1) is 4.92 Å². The number of hydrogen-bond acceptors (Lipinski definition) is 4. The van der Waals surface area contributed by atoms with Gasteiger partial charge in [-0.05, 0) is 5.75 Å². The third-order valence-electron chi connectivity index (χ3n) is 2.00. The molecule has 0 radical (unpaired) electrons. The van der Waals surface area contributed by atoms with Gasteiger partial charge in [-0.25, -0.2) is 0 Å². The molecule has 0 saturated heterocycles. The van der Waals surface area contributed by atoms with Crippen molar-refractivity contribution in [1.29, 1.82) is 0 Å². The van der Waals surface area contributed by atoms with Crippen molar-refractivity contribution in [2.24, 2.45) is 0 Å². The van der Waals surface area contributed by atoms with Gasteiger partial charge in [-0.2, -0.15) is 12.6 Å². The van der Waals surface area contributed by atoms with Crippen molar-refractivity contribution in [3.05, 3.63) is 39.9 Å². The van der Waals surface area contributed by atoms with Crippen LogP contribution in [0.4, 0.5) is 5.69 Å². The summed E-state index contributed by atoms with van der Waals surface area (Å²) in [6.07, 6.45) is 0.309. The lowest BCUT2D eigenvalue weighted by Crippen LogP contribution is -2.23. The number of amides is 1. The number of hydrogen-bond donors (Lipinski definition) is 2. The highest BCUT2D eigenvalue weighted by molar-refractivity contribution is 7.80. The first-order valence-electron chi connectivity index (χ1n) is 4.75. The second-order valence-electron chi connectivity index (χ2n) is 3.14. The van der Waals surface area contributed by atoms with Crippen LogP contribution in [0.3, 0.4) is 0 Å². The van der Waals surface area contributed by atoms with Gasteiger partial charge in [0.15, 0.2) is 0 Å². The van der Waals surface area contributed by atoms with Gasteiger partial charge < -0.3 is 5.32 Å². The van der Waals surface area contributed by atoms with Crippen LogP contribution in [-0.2, 0) is 11.3 Å². The van der Waals surface area contributed by atoms with Crippen LogP contribution in [-0.4, -0.2) is 16.6 Å². The predicted molar refractivity (Wildman–Crippen MR) is 63.4 cm³/mol. The monoisotopic (exact) mass is 240 g/mol. The van der Waals surface area contributed by atoms with Gasteiger partial charge in [0.2, 0.25) is 5.91 Å². The Morgan fingerprint density at radius 1 is 1.44 bits per heavy atom. The highest BCUT2D eigenvalue weighted by atomic mass is 32.1. The van der Waals surface area contributed by atoms with E-state index in [1.165, 1.54) is 6.07 Å². The van der Waals surface area contributed by atoms with Gasteiger partial charge >= 0.3 is 0 Å². The van der Waals surface area contributed by atoms with E-state index in [1.54, 1.807) is 18.2 Å². The summed E-state index contributed by atoms with van der Waals surface area (Å²) in [6.45, 7) is 0.170. The first kappa shape index (κ1) is 12.5. The molecule has 16 heavy (non-hydrogen) atoms. The molecule has 5 nitrogen and oxygen atoms in total. The molecular weight excluding hydrogens is 228 g/mol. The van der Waals surface area contributed by atoms with E-state index in [-0.39, 0.29) is 18.1 Å². The lowest BCUT2D eigenvalue weighted by molar-refractivity contribution is -0.385. The fraction of sp³-hybridized carbons (Fsp3) is 0.300. The number of nitro groups is 1. The molecule has 0 aromatic heterocycles. The molecule has 0 fully saturated rings. The number of nitro benzene ring substituents is 1. The molecule has 0 aliphatic rings. The van der Waals surface area contributed by atoms with Crippen molar-refractivity contribution in [1.82, 2.24) is 5.32 Å². The molecule has 0 aliphatic carbocycles. The maximum Gasteiger partial charge on any atom is 0.274 e. The van der Waals surface area contributed by atoms with Crippen LogP contribution in [0, 0.1) is 10.1 Å². The van der Waals surface area contributed by atoms with Gasteiger partial charge in [-0.3, -0.25) is 14.9 Å². The summed E-state index contributed by atoms with van der Waals surface area (Å²) < 4.78 is 0. The molecule has 6 heteroatoms. The van der Waals surface area contributed by atoms with Crippen LogP contribution in [0.5, 0.6) is 0 Å². The quantitative estimate of drug-likeness (QED) is 0.466. The van der Waals surface area contributed by atoms with E-state index in [2.05, 4.69) is 17.9 Å². The van der Waals surface area contributed by atoms with E-state index >= 15 is 0 Å². The van der Waals surface area contributed by atoms with Crippen LogP contribution >= 0.6 is 12.6 Å². The fourth-order valence-corrected chi connectivity index (χ4v) is 1.43. The Morgan fingerprint density at radius 3 is 2.75 bits per heavy atom. The molecule has 0 saturated carbocycles. The molecular formula is C10H12N2O3S. The molecule has 1 aromatic carbocycles. The minimum Gasteiger partial charge on any atom is -0.352 e. The summed E-state index contributed by atoms with van der Waals surface area (Å²) in [7, 11) is 0. The average molecular weight is 240 g/mol. The highest BCUT2D eigenvalue weighted by Gasteiger charge is 2.12. The Morgan fingerprint density at radius 2 is 2.12 bits per heavy atom. The van der Waals surface area contributed by atoms with E-state index in [4.69, 9.17) is 0 Å². The zero-order chi connectivity index (χ0) is 12.0. The Labute approximate surface area is 98.4 Å². The number of thiol groups is 1. The SMILES string of the molecule is O=C(CCS)NCc1ccccc1[N+](=O)[O-]. The van der Waals surface area contributed by atoms with Crippen molar-refractivity contribution in [3.63, 3.8) is 0 Å². The van der Waals surface area contributed by atoms with E-state index in [0.29, 0.717) is 17.7 Å².